The van der Waals surface area contributed by atoms with Crippen LogP contribution in [0.25, 0.3) is 11.0 Å². The first-order valence-corrected chi connectivity index (χ1v) is 8.43. The zero-order valence-corrected chi connectivity index (χ0v) is 14.8. The number of imidazole rings is 1. The van der Waals surface area contributed by atoms with Crippen molar-refractivity contribution in [3.63, 3.8) is 0 Å². The van der Waals surface area contributed by atoms with E-state index in [0.717, 1.165) is 29.9 Å². The van der Waals surface area contributed by atoms with E-state index in [1.165, 1.54) is 16.6 Å². The Bertz CT molecular complexity index is 926. The fraction of sp³-hybridized carbons (Fsp3) is 0.333. The number of hydrogen-bond acceptors (Lipinski definition) is 2. The van der Waals surface area contributed by atoms with Crippen LogP contribution in [0.4, 0.5) is 0 Å². The van der Waals surface area contributed by atoms with Crippen molar-refractivity contribution in [3.8, 4) is 6.07 Å². The molecule has 0 unspecified atom stereocenters. The normalized spacial score (nSPS) is 11.2. The summed E-state index contributed by atoms with van der Waals surface area (Å²) in [4.78, 5) is 4.89. The van der Waals surface area contributed by atoms with Gasteiger partial charge in [-0.3, -0.25) is 0 Å². The van der Waals surface area contributed by atoms with Crippen LogP contribution in [0.2, 0.25) is 0 Å². The maximum absolute atomic E-state index is 9.13. The van der Waals surface area contributed by atoms with Gasteiger partial charge in [-0.2, -0.15) is 5.26 Å². The summed E-state index contributed by atoms with van der Waals surface area (Å²) < 4.78 is 2.30. The minimum absolute atomic E-state index is 0.549. The van der Waals surface area contributed by atoms with Gasteiger partial charge in [0.25, 0.3) is 0 Å². The van der Waals surface area contributed by atoms with Crippen LogP contribution in [0.3, 0.4) is 0 Å². The molecule has 0 radical (unpaired) electrons. The summed E-state index contributed by atoms with van der Waals surface area (Å²) in [5.41, 5.74) is 6.63. The van der Waals surface area contributed by atoms with E-state index in [1.54, 1.807) is 0 Å². The lowest BCUT2D eigenvalue weighted by Crippen LogP contribution is -2.08. The lowest BCUT2D eigenvalue weighted by atomic mass is 10.1. The molecule has 0 saturated carbocycles. The molecule has 0 fully saturated rings. The van der Waals surface area contributed by atoms with E-state index < -0.39 is 0 Å². The van der Waals surface area contributed by atoms with Crippen LogP contribution in [0, 0.1) is 31.1 Å². The molecule has 24 heavy (non-hydrogen) atoms. The first-order valence-electron chi connectivity index (χ1n) is 8.43. The van der Waals surface area contributed by atoms with Crippen molar-refractivity contribution in [2.75, 3.05) is 0 Å². The molecule has 0 aliphatic heterocycles. The van der Waals surface area contributed by atoms with E-state index in [9.17, 15) is 0 Å². The summed E-state index contributed by atoms with van der Waals surface area (Å²) in [5, 5.41) is 9.13. The third kappa shape index (κ3) is 3.19. The number of benzene rings is 2. The van der Waals surface area contributed by atoms with E-state index >= 15 is 0 Å². The SMILES string of the molecule is Cc1cc2nc(CC(C)C)n(Cc3cccc(C#N)c3)c2cc1C. The Morgan fingerprint density at radius 3 is 2.58 bits per heavy atom. The highest BCUT2D eigenvalue weighted by molar-refractivity contribution is 5.78. The Morgan fingerprint density at radius 2 is 1.88 bits per heavy atom. The van der Waals surface area contributed by atoms with Crippen molar-refractivity contribution in [1.82, 2.24) is 9.55 Å². The Hall–Kier alpha value is -2.60. The van der Waals surface area contributed by atoms with Gasteiger partial charge in [0.15, 0.2) is 0 Å². The largest absolute Gasteiger partial charge is 0.323 e. The summed E-state index contributed by atoms with van der Waals surface area (Å²) in [6, 6.07) is 14.5. The molecule has 1 aromatic heterocycles. The Balaban J connectivity index is 2.12. The highest BCUT2D eigenvalue weighted by Gasteiger charge is 2.14. The van der Waals surface area contributed by atoms with Crippen LogP contribution >= 0.6 is 0 Å². The van der Waals surface area contributed by atoms with Gasteiger partial charge in [-0.25, -0.2) is 4.98 Å². The quantitative estimate of drug-likeness (QED) is 0.695. The lowest BCUT2D eigenvalue weighted by molar-refractivity contribution is 0.595. The number of nitriles is 1. The summed E-state index contributed by atoms with van der Waals surface area (Å²) in [7, 11) is 0. The minimum Gasteiger partial charge on any atom is -0.323 e. The average Bonchev–Trinajstić information content (AvgIpc) is 2.84. The van der Waals surface area contributed by atoms with Crippen LogP contribution in [0.5, 0.6) is 0 Å². The predicted octanol–water partition coefficient (Wildman–Crippen LogP) is 4.77. The Morgan fingerprint density at radius 1 is 1.12 bits per heavy atom. The van der Waals surface area contributed by atoms with Gasteiger partial charge in [-0.05, 0) is 60.7 Å². The molecule has 0 bridgehead atoms. The van der Waals surface area contributed by atoms with Crippen LogP contribution in [0.1, 0.15) is 41.9 Å². The maximum Gasteiger partial charge on any atom is 0.110 e. The van der Waals surface area contributed by atoms with E-state index in [4.69, 9.17) is 10.2 Å². The third-order valence-corrected chi connectivity index (χ3v) is 4.43. The van der Waals surface area contributed by atoms with Gasteiger partial charge in [-0.15, -0.1) is 0 Å². The van der Waals surface area contributed by atoms with Crippen molar-refractivity contribution in [2.45, 2.75) is 40.7 Å². The number of aryl methyl sites for hydroxylation is 2. The fourth-order valence-corrected chi connectivity index (χ4v) is 3.05. The van der Waals surface area contributed by atoms with Gasteiger partial charge < -0.3 is 4.57 Å². The van der Waals surface area contributed by atoms with Gasteiger partial charge >= 0.3 is 0 Å². The zero-order chi connectivity index (χ0) is 17.3. The molecule has 3 heteroatoms. The molecule has 1 heterocycles. The average molecular weight is 317 g/mol. The summed E-state index contributed by atoms with van der Waals surface area (Å²) in [5.74, 6) is 1.67. The molecule has 3 aromatic rings. The third-order valence-electron chi connectivity index (χ3n) is 4.43. The molecule has 0 atom stereocenters. The molecule has 0 aliphatic rings. The van der Waals surface area contributed by atoms with E-state index in [1.807, 2.05) is 18.2 Å². The lowest BCUT2D eigenvalue weighted by Gasteiger charge is -2.12. The van der Waals surface area contributed by atoms with Crippen LogP contribution in [-0.2, 0) is 13.0 Å². The van der Waals surface area contributed by atoms with Crippen LogP contribution in [0.15, 0.2) is 36.4 Å². The molecule has 0 amide bonds. The summed E-state index contributed by atoms with van der Waals surface area (Å²) in [6.07, 6.45) is 0.949. The second-order valence-electron chi connectivity index (χ2n) is 6.95. The maximum atomic E-state index is 9.13. The van der Waals surface area contributed by atoms with Gasteiger partial charge in [0.1, 0.15) is 5.82 Å². The number of rotatable bonds is 4. The minimum atomic E-state index is 0.549. The molecule has 3 nitrogen and oxygen atoms in total. The van der Waals surface area contributed by atoms with Crippen LogP contribution in [-0.4, -0.2) is 9.55 Å². The van der Waals surface area contributed by atoms with Gasteiger partial charge in [0.2, 0.25) is 0 Å². The Kier molecular flexibility index (Phi) is 4.40. The molecule has 122 valence electrons. The molecule has 2 aromatic carbocycles. The highest BCUT2D eigenvalue weighted by Crippen LogP contribution is 2.23. The first kappa shape index (κ1) is 16.3. The fourth-order valence-electron chi connectivity index (χ4n) is 3.05. The molecular weight excluding hydrogens is 294 g/mol. The molecule has 0 N–H and O–H groups in total. The van der Waals surface area contributed by atoms with Gasteiger partial charge in [0, 0.05) is 13.0 Å². The second kappa shape index (κ2) is 6.49. The van der Waals surface area contributed by atoms with Crippen molar-refractivity contribution in [2.24, 2.45) is 5.92 Å². The molecule has 0 aliphatic carbocycles. The molecule has 3 rings (SSSR count). The monoisotopic (exact) mass is 317 g/mol. The number of hydrogen-bond donors (Lipinski definition) is 0. The van der Waals surface area contributed by atoms with Crippen molar-refractivity contribution in [1.29, 1.82) is 5.26 Å². The standard InChI is InChI=1S/C21H23N3/c1-14(2)8-21-23-19-9-15(3)16(4)10-20(19)24(21)13-18-7-5-6-17(11-18)12-22/h5-7,9-11,14H,8,13H2,1-4H3. The highest BCUT2D eigenvalue weighted by atomic mass is 15.1. The van der Waals surface area contributed by atoms with E-state index in [-0.39, 0.29) is 0 Å². The number of aromatic nitrogens is 2. The molecular formula is C21H23N3. The van der Waals surface area contributed by atoms with Gasteiger partial charge in [0.05, 0.1) is 22.7 Å². The zero-order valence-electron chi connectivity index (χ0n) is 14.8. The first-order chi connectivity index (χ1) is 11.5. The van der Waals surface area contributed by atoms with Crippen LogP contribution < -0.4 is 0 Å². The number of fused-ring (bicyclic) bond motifs is 1. The number of nitrogens with zero attached hydrogens (tertiary/aromatic N) is 3. The summed E-state index contributed by atoms with van der Waals surface area (Å²) in [6.45, 7) is 9.46. The predicted molar refractivity (Wildman–Crippen MR) is 98.0 cm³/mol. The smallest absolute Gasteiger partial charge is 0.110 e. The van der Waals surface area contributed by atoms with Crippen molar-refractivity contribution in [3.05, 3.63) is 64.5 Å². The Labute approximate surface area is 143 Å². The topological polar surface area (TPSA) is 41.6 Å². The van der Waals surface area contributed by atoms with E-state index in [0.29, 0.717) is 11.5 Å². The van der Waals surface area contributed by atoms with E-state index in [2.05, 4.69) is 56.5 Å². The van der Waals surface area contributed by atoms with Gasteiger partial charge in [-0.1, -0.05) is 26.0 Å². The summed E-state index contributed by atoms with van der Waals surface area (Å²) >= 11 is 0. The molecule has 0 spiro atoms. The van der Waals surface area contributed by atoms with Crippen molar-refractivity contribution >= 4 is 11.0 Å². The molecule has 0 saturated heterocycles. The second-order valence-corrected chi connectivity index (χ2v) is 6.95. The van der Waals surface area contributed by atoms with Crippen molar-refractivity contribution < 1.29 is 0 Å².